The first-order valence-electron chi connectivity index (χ1n) is 4.98. The molecule has 0 saturated heterocycles. The molecule has 0 heterocycles. The molecule has 0 aromatic heterocycles. The molecule has 0 aliphatic heterocycles. The molecule has 5 heteroatoms. The van der Waals surface area contributed by atoms with E-state index in [-0.39, 0.29) is 0 Å². The highest BCUT2D eigenvalue weighted by Crippen LogP contribution is 2.33. The van der Waals surface area contributed by atoms with Crippen LogP contribution in [0.3, 0.4) is 0 Å². The molecule has 0 atom stereocenters. The van der Waals surface area contributed by atoms with Gasteiger partial charge in [-0.15, -0.1) is 0 Å². The third-order valence-electron chi connectivity index (χ3n) is 2.21. The third-order valence-corrected chi connectivity index (χ3v) is 3.56. The van der Waals surface area contributed by atoms with Crippen LogP contribution in [0.1, 0.15) is 10.4 Å². The van der Waals surface area contributed by atoms with E-state index in [4.69, 9.17) is 16.3 Å². The lowest BCUT2D eigenvalue weighted by Crippen LogP contribution is -1.91. The van der Waals surface area contributed by atoms with Gasteiger partial charge in [-0.1, -0.05) is 27.5 Å². The van der Waals surface area contributed by atoms with Crippen LogP contribution in [0.15, 0.2) is 45.3 Å². The zero-order valence-electron chi connectivity index (χ0n) is 8.99. The highest BCUT2D eigenvalue weighted by atomic mass is 79.9. The number of benzene rings is 2. The number of ether oxygens (including phenoxy) is 1. The van der Waals surface area contributed by atoms with Gasteiger partial charge in [0, 0.05) is 9.50 Å². The second-order valence-electron chi connectivity index (χ2n) is 3.48. The number of hydrogen-bond acceptors (Lipinski definition) is 2. The summed E-state index contributed by atoms with van der Waals surface area (Å²) >= 11 is 12.5. The van der Waals surface area contributed by atoms with Gasteiger partial charge in [-0.2, -0.15) is 0 Å². The Kier molecular flexibility index (Phi) is 4.43. The SMILES string of the molecule is O=Cc1cc(Br)ccc1Oc1ccc(Cl)cc1Br. The van der Waals surface area contributed by atoms with E-state index in [1.807, 2.05) is 6.07 Å². The van der Waals surface area contributed by atoms with Crippen LogP contribution in [0, 0.1) is 0 Å². The average Bonchev–Trinajstić information content (AvgIpc) is 2.34. The van der Waals surface area contributed by atoms with E-state index in [1.165, 1.54) is 0 Å². The predicted molar refractivity (Wildman–Crippen MR) is 78.8 cm³/mol. The molecule has 18 heavy (non-hydrogen) atoms. The lowest BCUT2D eigenvalue weighted by molar-refractivity contribution is 0.112. The van der Waals surface area contributed by atoms with Crippen molar-refractivity contribution < 1.29 is 9.53 Å². The van der Waals surface area contributed by atoms with E-state index in [1.54, 1.807) is 30.3 Å². The van der Waals surface area contributed by atoms with Crippen LogP contribution in [0.2, 0.25) is 5.02 Å². The van der Waals surface area contributed by atoms with Gasteiger partial charge >= 0.3 is 0 Å². The molecule has 0 bridgehead atoms. The fraction of sp³-hybridized carbons (Fsp3) is 0. The number of carbonyl (C=O) groups is 1. The Hall–Kier alpha value is -0.840. The molecular weight excluding hydrogens is 383 g/mol. The second-order valence-corrected chi connectivity index (χ2v) is 5.68. The zero-order chi connectivity index (χ0) is 13.1. The number of rotatable bonds is 3. The maximum Gasteiger partial charge on any atom is 0.153 e. The normalized spacial score (nSPS) is 10.2. The van der Waals surface area contributed by atoms with Gasteiger partial charge in [-0.05, 0) is 52.3 Å². The van der Waals surface area contributed by atoms with Crippen LogP contribution in [0.25, 0.3) is 0 Å². The first-order valence-corrected chi connectivity index (χ1v) is 6.94. The molecule has 0 spiro atoms. The minimum absolute atomic E-state index is 0.478. The van der Waals surface area contributed by atoms with Crippen molar-refractivity contribution in [1.29, 1.82) is 0 Å². The Morgan fingerprint density at radius 1 is 1.06 bits per heavy atom. The maximum atomic E-state index is 11.0. The molecule has 0 fully saturated rings. The highest BCUT2D eigenvalue weighted by Gasteiger charge is 2.08. The number of carbonyl (C=O) groups excluding carboxylic acids is 1. The van der Waals surface area contributed by atoms with Crippen LogP contribution in [0.5, 0.6) is 11.5 Å². The molecule has 0 aliphatic rings. The van der Waals surface area contributed by atoms with E-state index in [0.29, 0.717) is 22.1 Å². The smallest absolute Gasteiger partial charge is 0.153 e. The molecule has 2 rings (SSSR count). The molecule has 92 valence electrons. The summed E-state index contributed by atoms with van der Waals surface area (Å²) in [5.41, 5.74) is 0.478. The molecule has 0 saturated carbocycles. The monoisotopic (exact) mass is 388 g/mol. The van der Waals surface area contributed by atoms with Crippen molar-refractivity contribution in [3.63, 3.8) is 0 Å². The molecule has 2 nitrogen and oxygen atoms in total. The van der Waals surface area contributed by atoms with E-state index in [0.717, 1.165) is 15.2 Å². The van der Waals surface area contributed by atoms with E-state index >= 15 is 0 Å². The summed E-state index contributed by atoms with van der Waals surface area (Å²) < 4.78 is 7.24. The van der Waals surface area contributed by atoms with Crippen LogP contribution in [-0.4, -0.2) is 6.29 Å². The Morgan fingerprint density at radius 2 is 1.78 bits per heavy atom. The standard InChI is InChI=1S/C13H7Br2ClO2/c14-9-1-3-12(8(5-9)7-17)18-13-4-2-10(16)6-11(13)15/h1-7H. The summed E-state index contributed by atoms with van der Waals surface area (Å²) in [5, 5.41) is 0.612. The van der Waals surface area contributed by atoms with E-state index < -0.39 is 0 Å². The molecular formula is C13H7Br2ClO2. The van der Waals surface area contributed by atoms with E-state index in [9.17, 15) is 4.79 Å². The molecule has 0 aliphatic carbocycles. The molecule has 2 aromatic rings. The summed E-state index contributed by atoms with van der Waals surface area (Å²) in [6, 6.07) is 10.4. The van der Waals surface area contributed by atoms with Crippen LogP contribution in [0.4, 0.5) is 0 Å². The van der Waals surface area contributed by atoms with Crippen molar-refractivity contribution in [2.45, 2.75) is 0 Å². The molecule has 2 aromatic carbocycles. The van der Waals surface area contributed by atoms with Crippen molar-refractivity contribution >= 4 is 49.7 Å². The van der Waals surface area contributed by atoms with Crippen molar-refractivity contribution in [2.75, 3.05) is 0 Å². The lowest BCUT2D eigenvalue weighted by atomic mass is 10.2. The van der Waals surface area contributed by atoms with Crippen LogP contribution in [-0.2, 0) is 0 Å². The first kappa shape index (κ1) is 13.6. The first-order chi connectivity index (χ1) is 8.60. The number of aldehydes is 1. The summed E-state index contributed by atoms with van der Waals surface area (Å²) in [6.45, 7) is 0. The fourth-order valence-electron chi connectivity index (χ4n) is 1.38. The van der Waals surface area contributed by atoms with Gasteiger partial charge in [0.15, 0.2) is 6.29 Å². The summed E-state index contributed by atoms with van der Waals surface area (Å²) in [6.07, 6.45) is 0.754. The lowest BCUT2D eigenvalue weighted by Gasteiger charge is -2.10. The van der Waals surface area contributed by atoms with Gasteiger partial charge in [0.2, 0.25) is 0 Å². The van der Waals surface area contributed by atoms with E-state index in [2.05, 4.69) is 31.9 Å². The maximum absolute atomic E-state index is 11.0. The van der Waals surface area contributed by atoms with Gasteiger partial charge in [0.05, 0.1) is 10.0 Å². The van der Waals surface area contributed by atoms with Gasteiger partial charge in [0.1, 0.15) is 11.5 Å². The Morgan fingerprint density at radius 3 is 2.44 bits per heavy atom. The zero-order valence-corrected chi connectivity index (χ0v) is 12.9. The summed E-state index contributed by atoms with van der Waals surface area (Å²) in [4.78, 5) is 11.0. The largest absolute Gasteiger partial charge is 0.455 e. The highest BCUT2D eigenvalue weighted by molar-refractivity contribution is 9.10. The fourth-order valence-corrected chi connectivity index (χ4v) is 2.52. The third kappa shape index (κ3) is 3.13. The van der Waals surface area contributed by atoms with Gasteiger partial charge in [-0.25, -0.2) is 0 Å². The summed E-state index contributed by atoms with van der Waals surface area (Å²) in [5.74, 6) is 1.10. The van der Waals surface area contributed by atoms with Crippen LogP contribution >= 0.6 is 43.5 Å². The minimum atomic E-state index is 0.478. The number of halogens is 3. The minimum Gasteiger partial charge on any atom is -0.455 e. The Bertz CT molecular complexity index is 600. The number of hydrogen-bond donors (Lipinski definition) is 0. The average molecular weight is 390 g/mol. The van der Waals surface area contributed by atoms with Crippen LogP contribution < -0.4 is 4.74 Å². The van der Waals surface area contributed by atoms with Crippen molar-refractivity contribution in [1.82, 2.24) is 0 Å². The second kappa shape index (κ2) is 5.87. The van der Waals surface area contributed by atoms with Gasteiger partial charge in [-0.3, -0.25) is 4.79 Å². The molecule has 0 amide bonds. The van der Waals surface area contributed by atoms with Crippen molar-refractivity contribution in [2.24, 2.45) is 0 Å². The molecule has 0 radical (unpaired) electrons. The van der Waals surface area contributed by atoms with Crippen molar-refractivity contribution in [3.05, 3.63) is 55.9 Å². The molecule has 0 unspecified atom stereocenters. The summed E-state index contributed by atoms with van der Waals surface area (Å²) in [7, 11) is 0. The van der Waals surface area contributed by atoms with Crippen molar-refractivity contribution in [3.8, 4) is 11.5 Å². The topological polar surface area (TPSA) is 26.3 Å². The van der Waals surface area contributed by atoms with Gasteiger partial charge < -0.3 is 4.74 Å². The Balaban J connectivity index is 2.36. The van der Waals surface area contributed by atoms with Gasteiger partial charge in [0.25, 0.3) is 0 Å². The Labute approximate surface area is 126 Å². The predicted octanol–water partition coefficient (Wildman–Crippen LogP) is 5.47. The molecule has 0 N–H and O–H groups in total. The quantitative estimate of drug-likeness (QED) is 0.650.